The van der Waals surface area contributed by atoms with Crippen molar-refractivity contribution in [1.82, 2.24) is 0 Å². The molecule has 0 aromatic carbocycles. The van der Waals surface area contributed by atoms with Gasteiger partial charge in [-0.1, -0.05) is 44.8 Å². The molecule has 0 radical (unpaired) electrons. The van der Waals surface area contributed by atoms with E-state index < -0.39 is 0 Å². The van der Waals surface area contributed by atoms with Crippen LogP contribution in [0.3, 0.4) is 0 Å². The molecule has 22 heavy (non-hydrogen) atoms. The second-order valence-corrected chi connectivity index (χ2v) is 6.68. The van der Waals surface area contributed by atoms with E-state index in [1.807, 2.05) is 7.11 Å². The highest BCUT2D eigenvalue weighted by atomic mass is 16.6. The molecule has 2 aliphatic rings. The van der Waals surface area contributed by atoms with Crippen LogP contribution < -0.4 is 0 Å². The number of methoxy groups -OCH3 is 1. The average molecular weight is 315 g/mol. The molecule has 1 heterocycles. The molecular formula is C19H38O3. The molecule has 1 saturated heterocycles. The van der Waals surface area contributed by atoms with Crippen LogP contribution in [0.25, 0.3) is 0 Å². The number of epoxide rings is 1. The van der Waals surface area contributed by atoms with E-state index in [9.17, 15) is 0 Å². The Morgan fingerprint density at radius 2 is 1.77 bits per heavy atom. The topological polar surface area (TPSA) is 42.0 Å². The van der Waals surface area contributed by atoms with Gasteiger partial charge >= 0.3 is 0 Å². The minimum absolute atomic E-state index is 0.0764. The molecule has 0 aromatic rings. The zero-order valence-electron chi connectivity index (χ0n) is 15.8. The van der Waals surface area contributed by atoms with Gasteiger partial charge in [-0.15, -0.1) is 0 Å². The molecular weight excluding hydrogens is 276 g/mol. The Labute approximate surface area is 138 Å². The molecule has 1 N–H and O–H groups in total. The van der Waals surface area contributed by atoms with E-state index >= 15 is 0 Å². The van der Waals surface area contributed by atoms with E-state index in [0.29, 0.717) is 18.1 Å². The van der Waals surface area contributed by atoms with Crippen LogP contribution in [0, 0.1) is 5.92 Å². The van der Waals surface area contributed by atoms with Crippen LogP contribution in [0.15, 0.2) is 11.6 Å². The Bertz CT molecular complexity index is 310. The van der Waals surface area contributed by atoms with Gasteiger partial charge in [0.05, 0.1) is 17.8 Å². The van der Waals surface area contributed by atoms with Gasteiger partial charge in [0, 0.05) is 20.1 Å². The Morgan fingerprint density at radius 1 is 1.23 bits per heavy atom. The summed E-state index contributed by atoms with van der Waals surface area (Å²) in [6.45, 7) is 10.8. The minimum atomic E-state index is 0.0764. The standard InChI is InChI=1S/C15H26O2.C3H8.CH4O/c1-11(2)9-10-14-15(3,17-14)12-7-5-6-8-13(12)16-4;1-3-2;1-2/h9,12-14H,5-8,10H2,1-4H3;3H2,1-2H3;2H,1H3/t12?,13?,14-,15-;;/m1../s1. The summed E-state index contributed by atoms with van der Waals surface area (Å²) < 4.78 is 11.7. The Morgan fingerprint density at radius 3 is 2.27 bits per heavy atom. The molecule has 0 aromatic heterocycles. The first-order chi connectivity index (χ1) is 10.5. The van der Waals surface area contributed by atoms with Gasteiger partial charge in [-0.3, -0.25) is 0 Å². The fourth-order valence-electron chi connectivity index (χ4n) is 3.26. The molecule has 0 spiro atoms. The quantitative estimate of drug-likeness (QED) is 0.602. The predicted octanol–water partition coefficient (Wildman–Crippen LogP) is 4.73. The van der Waals surface area contributed by atoms with Crippen molar-refractivity contribution in [2.75, 3.05) is 14.2 Å². The summed E-state index contributed by atoms with van der Waals surface area (Å²) in [6, 6.07) is 0. The number of hydrogen-bond acceptors (Lipinski definition) is 3. The fraction of sp³-hybridized carbons (Fsp3) is 0.895. The third-order valence-electron chi connectivity index (χ3n) is 4.46. The zero-order chi connectivity index (χ0) is 17.2. The lowest BCUT2D eigenvalue weighted by Gasteiger charge is -2.33. The zero-order valence-corrected chi connectivity index (χ0v) is 15.8. The van der Waals surface area contributed by atoms with Crippen LogP contribution in [-0.4, -0.2) is 37.1 Å². The number of rotatable bonds is 4. The second-order valence-electron chi connectivity index (χ2n) is 6.68. The number of ether oxygens (including phenoxy) is 2. The van der Waals surface area contributed by atoms with Crippen LogP contribution in [0.4, 0.5) is 0 Å². The van der Waals surface area contributed by atoms with Gasteiger partial charge in [-0.25, -0.2) is 0 Å². The van der Waals surface area contributed by atoms with E-state index in [1.165, 1.54) is 37.7 Å². The monoisotopic (exact) mass is 314 g/mol. The smallest absolute Gasteiger partial charge is 0.0976 e. The van der Waals surface area contributed by atoms with E-state index in [2.05, 4.69) is 40.7 Å². The van der Waals surface area contributed by atoms with Crippen molar-refractivity contribution in [3.8, 4) is 0 Å². The van der Waals surface area contributed by atoms with Gasteiger partial charge in [-0.2, -0.15) is 0 Å². The molecule has 2 rings (SSSR count). The first-order valence-corrected chi connectivity index (χ1v) is 8.78. The van der Waals surface area contributed by atoms with Gasteiger partial charge < -0.3 is 14.6 Å². The summed E-state index contributed by atoms with van der Waals surface area (Å²) in [4.78, 5) is 0. The summed E-state index contributed by atoms with van der Waals surface area (Å²) in [5.74, 6) is 0.594. The van der Waals surface area contributed by atoms with Crippen molar-refractivity contribution in [1.29, 1.82) is 0 Å². The van der Waals surface area contributed by atoms with Crippen molar-refractivity contribution in [3.05, 3.63) is 11.6 Å². The highest BCUT2D eigenvalue weighted by molar-refractivity contribution is 5.10. The van der Waals surface area contributed by atoms with Gasteiger partial charge in [-0.05, 0) is 40.0 Å². The molecule has 1 aliphatic heterocycles. The molecule has 2 fully saturated rings. The number of hydrogen-bond donors (Lipinski definition) is 1. The lowest BCUT2D eigenvalue weighted by atomic mass is 9.76. The normalized spacial score (nSPS) is 32.8. The number of aliphatic hydroxyl groups excluding tert-OH is 1. The highest BCUT2D eigenvalue weighted by Crippen LogP contribution is 2.50. The summed E-state index contributed by atoms with van der Waals surface area (Å²) >= 11 is 0. The van der Waals surface area contributed by atoms with Crippen LogP contribution in [-0.2, 0) is 9.47 Å². The summed E-state index contributed by atoms with van der Waals surface area (Å²) in [6.07, 6.45) is 10.5. The summed E-state index contributed by atoms with van der Waals surface area (Å²) in [5.41, 5.74) is 1.46. The van der Waals surface area contributed by atoms with E-state index in [1.54, 1.807) is 0 Å². The highest BCUT2D eigenvalue weighted by Gasteiger charge is 2.58. The van der Waals surface area contributed by atoms with E-state index in [0.717, 1.165) is 13.5 Å². The van der Waals surface area contributed by atoms with Gasteiger partial charge in [0.1, 0.15) is 0 Å². The average Bonchev–Trinajstić information content (AvgIpc) is 3.20. The van der Waals surface area contributed by atoms with E-state index in [4.69, 9.17) is 14.6 Å². The van der Waals surface area contributed by atoms with Crippen LogP contribution in [0.2, 0.25) is 0 Å². The van der Waals surface area contributed by atoms with Gasteiger partial charge in [0.2, 0.25) is 0 Å². The fourth-order valence-corrected chi connectivity index (χ4v) is 3.26. The summed E-state index contributed by atoms with van der Waals surface area (Å²) in [5, 5.41) is 7.00. The number of allylic oxidation sites excluding steroid dienone is 1. The maximum atomic E-state index is 7.00. The lowest BCUT2D eigenvalue weighted by molar-refractivity contribution is -0.00777. The van der Waals surface area contributed by atoms with Gasteiger partial charge in [0.25, 0.3) is 0 Å². The second kappa shape index (κ2) is 11.2. The van der Waals surface area contributed by atoms with Gasteiger partial charge in [0.15, 0.2) is 0 Å². The van der Waals surface area contributed by atoms with E-state index in [-0.39, 0.29) is 5.60 Å². The third kappa shape index (κ3) is 6.39. The number of aliphatic hydroxyl groups is 1. The molecule has 2 unspecified atom stereocenters. The lowest BCUT2D eigenvalue weighted by Crippen LogP contribution is -2.37. The molecule has 0 amide bonds. The molecule has 3 nitrogen and oxygen atoms in total. The molecule has 3 heteroatoms. The minimum Gasteiger partial charge on any atom is -0.400 e. The largest absolute Gasteiger partial charge is 0.400 e. The van der Waals surface area contributed by atoms with Crippen molar-refractivity contribution in [2.45, 2.75) is 91.0 Å². The maximum Gasteiger partial charge on any atom is 0.0976 e. The Balaban J connectivity index is 0.000000789. The predicted molar refractivity (Wildman–Crippen MR) is 94.2 cm³/mol. The first-order valence-electron chi connectivity index (χ1n) is 8.78. The summed E-state index contributed by atoms with van der Waals surface area (Å²) in [7, 11) is 2.85. The molecule has 0 bridgehead atoms. The molecule has 4 atom stereocenters. The third-order valence-corrected chi connectivity index (χ3v) is 4.46. The Hall–Kier alpha value is -0.380. The maximum absolute atomic E-state index is 7.00. The first kappa shape index (κ1) is 21.6. The van der Waals surface area contributed by atoms with Crippen molar-refractivity contribution < 1.29 is 14.6 Å². The molecule has 1 saturated carbocycles. The van der Waals surface area contributed by atoms with Crippen LogP contribution >= 0.6 is 0 Å². The molecule has 1 aliphatic carbocycles. The van der Waals surface area contributed by atoms with Crippen molar-refractivity contribution >= 4 is 0 Å². The van der Waals surface area contributed by atoms with Crippen LogP contribution in [0.1, 0.15) is 73.1 Å². The van der Waals surface area contributed by atoms with Crippen molar-refractivity contribution in [2.24, 2.45) is 5.92 Å². The molecule has 132 valence electrons. The Kier molecular flexibility index (Phi) is 11.0. The van der Waals surface area contributed by atoms with Crippen LogP contribution in [0.5, 0.6) is 0 Å². The SMILES string of the molecule is CCC.CO.COC1CCCCC1[C@@]1(C)O[C@@H]1CC=C(C)C. The van der Waals surface area contributed by atoms with Crippen molar-refractivity contribution in [3.63, 3.8) is 0 Å².